The lowest BCUT2D eigenvalue weighted by Crippen LogP contribution is -2.31. The number of nitrogens with zero attached hydrogens (tertiary/aromatic N) is 1. The second-order valence-corrected chi connectivity index (χ2v) is 7.91. The Morgan fingerprint density at radius 2 is 1.83 bits per heavy atom. The highest BCUT2D eigenvalue weighted by atomic mass is 16.1. The average Bonchev–Trinajstić information content (AvgIpc) is 3.16. The van der Waals surface area contributed by atoms with Gasteiger partial charge < -0.3 is 10.6 Å². The van der Waals surface area contributed by atoms with Crippen molar-refractivity contribution < 1.29 is 9.59 Å². The molecule has 2 aliphatic rings. The van der Waals surface area contributed by atoms with Gasteiger partial charge in [0.25, 0.3) is 0 Å². The van der Waals surface area contributed by atoms with Gasteiger partial charge in [-0.25, -0.2) is 4.99 Å². The molecule has 2 aromatic rings. The van der Waals surface area contributed by atoms with Crippen molar-refractivity contribution in [3.05, 3.63) is 65.2 Å². The zero-order chi connectivity index (χ0) is 20.1. The number of amidine groups is 1. The Hall–Kier alpha value is -2.79. The summed E-state index contributed by atoms with van der Waals surface area (Å²) < 4.78 is 0. The molecule has 5 nitrogen and oxygen atoms in total. The highest BCUT2D eigenvalue weighted by Crippen LogP contribution is 2.28. The van der Waals surface area contributed by atoms with Gasteiger partial charge in [0.05, 0.1) is 5.69 Å². The normalized spacial score (nSPS) is 16.2. The predicted molar refractivity (Wildman–Crippen MR) is 115 cm³/mol. The fourth-order valence-corrected chi connectivity index (χ4v) is 4.12. The Bertz CT molecular complexity index is 915. The van der Waals surface area contributed by atoms with Crippen molar-refractivity contribution >= 4 is 23.2 Å². The van der Waals surface area contributed by atoms with Crippen LogP contribution in [0.4, 0.5) is 5.69 Å². The highest BCUT2D eigenvalue weighted by Gasteiger charge is 2.19. The molecule has 150 valence electrons. The molecule has 2 aromatic carbocycles. The maximum Gasteiger partial charge on any atom is 0.225 e. The van der Waals surface area contributed by atoms with Crippen LogP contribution in [-0.2, 0) is 11.2 Å². The second-order valence-electron chi connectivity index (χ2n) is 7.91. The molecule has 2 aliphatic heterocycles. The van der Waals surface area contributed by atoms with Crippen LogP contribution in [0.2, 0.25) is 0 Å². The molecule has 0 aliphatic carbocycles. The molecule has 1 amide bonds. The summed E-state index contributed by atoms with van der Waals surface area (Å²) >= 11 is 0. The first-order valence-electron chi connectivity index (χ1n) is 10.5. The van der Waals surface area contributed by atoms with Crippen LogP contribution >= 0.6 is 0 Å². The molecule has 0 aromatic heterocycles. The van der Waals surface area contributed by atoms with Gasteiger partial charge in [-0.2, -0.15) is 0 Å². The lowest BCUT2D eigenvalue weighted by atomic mass is 9.92. The summed E-state index contributed by atoms with van der Waals surface area (Å²) in [5, 5.41) is 6.33. The van der Waals surface area contributed by atoms with Crippen LogP contribution in [0, 0.1) is 5.92 Å². The van der Waals surface area contributed by atoms with Crippen molar-refractivity contribution in [2.45, 2.75) is 38.5 Å². The monoisotopic (exact) mass is 389 g/mol. The Kier molecular flexibility index (Phi) is 6.15. The van der Waals surface area contributed by atoms with Crippen molar-refractivity contribution in [2.75, 3.05) is 13.1 Å². The highest BCUT2D eigenvalue weighted by molar-refractivity contribution is 6.10. The molecule has 1 fully saturated rings. The van der Waals surface area contributed by atoms with Crippen molar-refractivity contribution in [1.82, 2.24) is 10.6 Å². The van der Waals surface area contributed by atoms with Gasteiger partial charge in [-0.15, -0.1) is 0 Å². The fourth-order valence-electron chi connectivity index (χ4n) is 4.12. The van der Waals surface area contributed by atoms with Crippen LogP contribution in [0.5, 0.6) is 0 Å². The molecule has 0 atom stereocenters. The minimum atomic E-state index is 0.00352. The largest absolute Gasteiger partial charge is 0.317 e. The fraction of sp³-hybridized carbons (Fsp3) is 0.375. The molecule has 2 heterocycles. The van der Waals surface area contributed by atoms with Crippen LogP contribution in [-0.4, -0.2) is 30.6 Å². The van der Waals surface area contributed by atoms with Crippen LogP contribution in [0.3, 0.4) is 0 Å². The third-order valence-corrected chi connectivity index (χ3v) is 5.75. The standard InChI is InChI=1S/C24H27N3O2/c28-23(8-4-5-17-11-13-25-14-12-17)27-22-16-20-15-19(9-10-21(20)26-22)24(29)18-6-2-1-3-7-18/h1-3,6-7,9-10,15,17,25H,4-5,8,11-14,16H2,(H,26,27,28). The SMILES string of the molecule is O=C(CCCC1CCNCC1)NC1=Nc2ccc(C(=O)c3ccccc3)cc2C1. The smallest absolute Gasteiger partial charge is 0.225 e. The van der Waals surface area contributed by atoms with Gasteiger partial charge in [-0.1, -0.05) is 30.3 Å². The predicted octanol–water partition coefficient (Wildman–Crippen LogP) is 3.79. The molecule has 2 N–H and O–H groups in total. The van der Waals surface area contributed by atoms with E-state index in [1.165, 1.54) is 12.8 Å². The molecular formula is C24H27N3O2. The number of carbonyl (C=O) groups is 2. The van der Waals surface area contributed by atoms with E-state index in [2.05, 4.69) is 15.6 Å². The van der Waals surface area contributed by atoms with Gasteiger partial charge in [-0.05, 0) is 68.5 Å². The summed E-state index contributed by atoms with van der Waals surface area (Å²) in [5.41, 5.74) is 3.14. The molecule has 0 radical (unpaired) electrons. The zero-order valence-corrected chi connectivity index (χ0v) is 16.6. The minimum Gasteiger partial charge on any atom is -0.317 e. The Morgan fingerprint density at radius 3 is 2.62 bits per heavy atom. The van der Waals surface area contributed by atoms with E-state index < -0.39 is 0 Å². The number of piperidine rings is 1. The summed E-state index contributed by atoms with van der Waals surface area (Å²) in [7, 11) is 0. The third kappa shape index (κ3) is 4.98. The van der Waals surface area contributed by atoms with Gasteiger partial charge in [-0.3, -0.25) is 9.59 Å². The van der Waals surface area contributed by atoms with E-state index in [0.717, 1.165) is 43.1 Å². The van der Waals surface area contributed by atoms with E-state index in [1.807, 2.05) is 48.5 Å². The lowest BCUT2D eigenvalue weighted by molar-refractivity contribution is -0.119. The number of benzene rings is 2. The first kappa shape index (κ1) is 19.5. The number of hydrogen-bond acceptors (Lipinski definition) is 4. The first-order chi connectivity index (χ1) is 14.2. The summed E-state index contributed by atoms with van der Waals surface area (Å²) in [4.78, 5) is 29.5. The quantitative estimate of drug-likeness (QED) is 0.739. The van der Waals surface area contributed by atoms with Crippen LogP contribution in [0.15, 0.2) is 53.5 Å². The average molecular weight is 389 g/mol. The first-order valence-corrected chi connectivity index (χ1v) is 10.5. The summed E-state index contributed by atoms with van der Waals surface area (Å²) in [6, 6.07) is 14.8. The van der Waals surface area contributed by atoms with Crippen molar-refractivity contribution in [2.24, 2.45) is 10.9 Å². The van der Waals surface area contributed by atoms with Crippen molar-refractivity contribution in [3.8, 4) is 0 Å². The number of rotatable bonds is 6. The molecule has 0 unspecified atom stereocenters. The molecule has 4 rings (SSSR count). The molecular weight excluding hydrogens is 362 g/mol. The number of carbonyl (C=O) groups excluding carboxylic acids is 2. The van der Waals surface area contributed by atoms with E-state index in [9.17, 15) is 9.59 Å². The number of hydrogen-bond donors (Lipinski definition) is 2. The molecule has 0 spiro atoms. The topological polar surface area (TPSA) is 70.6 Å². The molecule has 0 saturated carbocycles. The van der Waals surface area contributed by atoms with Gasteiger partial charge in [0.15, 0.2) is 5.78 Å². The van der Waals surface area contributed by atoms with E-state index in [0.29, 0.717) is 29.8 Å². The number of aliphatic imine (C=N–C) groups is 1. The van der Waals surface area contributed by atoms with Crippen molar-refractivity contribution in [1.29, 1.82) is 0 Å². The van der Waals surface area contributed by atoms with Gasteiger partial charge in [0.1, 0.15) is 5.84 Å². The van der Waals surface area contributed by atoms with E-state index in [1.54, 1.807) is 0 Å². The third-order valence-electron chi connectivity index (χ3n) is 5.75. The van der Waals surface area contributed by atoms with Gasteiger partial charge in [0.2, 0.25) is 5.91 Å². The number of fused-ring (bicyclic) bond motifs is 1. The zero-order valence-electron chi connectivity index (χ0n) is 16.6. The minimum absolute atomic E-state index is 0.00352. The van der Waals surface area contributed by atoms with Gasteiger partial charge in [0, 0.05) is 24.0 Å². The molecule has 1 saturated heterocycles. The van der Waals surface area contributed by atoms with E-state index in [-0.39, 0.29) is 11.7 Å². The Morgan fingerprint density at radius 1 is 1.03 bits per heavy atom. The second kappa shape index (κ2) is 9.14. The Balaban J connectivity index is 1.29. The van der Waals surface area contributed by atoms with E-state index >= 15 is 0 Å². The number of ketones is 1. The lowest BCUT2D eigenvalue weighted by Gasteiger charge is -2.22. The Labute approximate surface area is 171 Å². The maximum absolute atomic E-state index is 12.6. The van der Waals surface area contributed by atoms with Crippen LogP contribution in [0.25, 0.3) is 0 Å². The molecule has 29 heavy (non-hydrogen) atoms. The summed E-state index contributed by atoms with van der Waals surface area (Å²) in [6.45, 7) is 2.20. The number of nitrogens with one attached hydrogen (secondary N) is 2. The summed E-state index contributed by atoms with van der Waals surface area (Å²) in [5.74, 6) is 1.46. The number of amides is 1. The van der Waals surface area contributed by atoms with Crippen LogP contribution in [0.1, 0.15) is 53.6 Å². The molecule has 0 bridgehead atoms. The van der Waals surface area contributed by atoms with Gasteiger partial charge >= 0.3 is 0 Å². The van der Waals surface area contributed by atoms with Crippen LogP contribution < -0.4 is 10.6 Å². The van der Waals surface area contributed by atoms with Crippen molar-refractivity contribution in [3.63, 3.8) is 0 Å². The van der Waals surface area contributed by atoms with E-state index in [4.69, 9.17) is 0 Å². The summed E-state index contributed by atoms with van der Waals surface area (Å²) in [6.07, 6.45) is 5.57. The maximum atomic E-state index is 12.6. The molecule has 5 heteroatoms.